The van der Waals surface area contributed by atoms with Crippen LogP contribution in [0.2, 0.25) is 0 Å². The fourth-order valence-corrected chi connectivity index (χ4v) is 14.0. The third-order valence-corrected chi connectivity index (χ3v) is 18.5. The van der Waals surface area contributed by atoms with Gasteiger partial charge < -0.3 is 61.3 Å². The molecule has 20 nitrogen and oxygen atoms in total. The van der Waals surface area contributed by atoms with Crippen LogP contribution in [-0.2, 0) is 0 Å². The number of hydrogen-bond donors (Lipinski definition) is 3. The van der Waals surface area contributed by atoms with Gasteiger partial charge in [0.1, 0.15) is 46.0 Å². The number of Topliss-reactive ketones (excluding diaryl/α,β-unsaturated/α-hetero) is 2. The monoisotopic (exact) mass is 1390 g/mol. The van der Waals surface area contributed by atoms with Gasteiger partial charge in [-0.3, -0.25) is 9.59 Å². The third kappa shape index (κ3) is 12.6. The van der Waals surface area contributed by atoms with Gasteiger partial charge in [-0.2, -0.15) is 0 Å². The standard InChI is InChI=1S/C22H20N2O3.C21H19N3O3.C21H18N2O3.C20H18N2O2/c1-13-20(15(3)27-23-13)22-21(14(2)25)18-7-5-6-8-19(18)24(22)16-9-11-17(26-4)12-10-16;1-12(22-26)20-17-6-4-5-7-18(17)24(15-8-10-16(25)11-9-15)21(20)19-13(2)23-27-14(19)3;1-12-19(14(3)26-22-12)21-20(13(2)24)17-6-4-5-7-18(17)23(21)15-8-10-16(25)11-9-15;1-13-20(14(2)24-21-13)19-12-15-6-4-5-7-18(15)22(19)16-8-10-17(23-3)11-9-16/h5-12H,1-4H3;4-11,25-26H,1-3H3;4-11,25H,1-3H3;4-12H,1-3H3. The Labute approximate surface area is 598 Å². The molecule has 20 heteroatoms. The highest BCUT2D eigenvalue weighted by molar-refractivity contribution is 6.17. The van der Waals surface area contributed by atoms with Crippen LogP contribution in [0.15, 0.2) is 223 Å². The van der Waals surface area contributed by atoms with Gasteiger partial charge in [-0.15, -0.1) is 0 Å². The van der Waals surface area contributed by atoms with E-state index in [1.807, 2.05) is 193 Å². The SMILES string of the molecule is CC(=NO)c1c(-c2c(C)noc2C)n(-c2ccc(O)cc2)c2ccccc12.CC(=O)c1c(-c2c(C)noc2C)n(-c2ccc(O)cc2)c2ccccc12.COc1ccc(-n2c(-c3c(C)noc3C)c(C(C)=O)c3ccccc32)cc1.COc1ccc(-n2c(-c3c(C)noc3C)cc3ccccc32)cc1. The van der Waals surface area contributed by atoms with E-state index in [0.717, 1.165) is 152 Å². The van der Waals surface area contributed by atoms with Crippen molar-refractivity contribution in [2.24, 2.45) is 5.16 Å². The van der Waals surface area contributed by atoms with Crippen molar-refractivity contribution in [3.05, 3.63) is 263 Å². The summed E-state index contributed by atoms with van der Waals surface area (Å²) in [6.45, 7) is 20.1. The highest BCUT2D eigenvalue weighted by Crippen LogP contribution is 2.44. The molecule has 16 aromatic rings. The Balaban J connectivity index is 0.000000123. The van der Waals surface area contributed by atoms with Gasteiger partial charge >= 0.3 is 0 Å². The molecule has 0 saturated heterocycles. The van der Waals surface area contributed by atoms with E-state index < -0.39 is 0 Å². The van der Waals surface area contributed by atoms with E-state index >= 15 is 0 Å². The molecule has 0 atom stereocenters. The summed E-state index contributed by atoms with van der Waals surface area (Å²) in [5.41, 5.74) is 20.6. The first-order chi connectivity index (χ1) is 50.2. The summed E-state index contributed by atoms with van der Waals surface area (Å²) >= 11 is 0. The highest BCUT2D eigenvalue weighted by Gasteiger charge is 2.31. The summed E-state index contributed by atoms with van der Waals surface area (Å²) < 4.78 is 40.6. The summed E-state index contributed by atoms with van der Waals surface area (Å²) in [5, 5.41) is 52.7. The Kier molecular flexibility index (Phi) is 19.2. The van der Waals surface area contributed by atoms with E-state index in [1.165, 1.54) is 5.39 Å². The number of rotatable bonds is 13. The summed E-state index contributed by atoms with van der Waals surface area (Å²) in [6, 6.07) is 64.0. The lowest BCUT2D eigenvalue weighted by atomic mass is 10.0. The van der Waals surface area contributed by atoms with Crippen LogP contribution in [0, 0.1) is 55.4 Å². The maximum Gasteiger partial charge on any atom is 0.162 e. The number of methoxy groups -OCH3 is 2. The number of para-hydroxylation sites is 4. The van der Waals surface area contributed by atoms with Gasteiger partial charge in [0.15, 0.2) is 11.6 Å². The molecule has 0 unspecified atom stereocenters. The van der Waals surface area contributed by atoms with Crippen LogP contribution in [0.25, 0.3) is 111 Å². The number of aromatic hydroxyl groups is 2. The van der Waals surface area contributed by atoms with Crippen LogP contribution < -0.4 is 9.47 Å². The first kappa shape index (κ1) is 69.3. The predicted molar refractivity (Wildman–Crippen MR) is 403 cm³/mol. The van der Waals surface area contributed by atoms with Crippen LogP contribution >= 0.6 is 0 Å². The lowest BCUT2D eigenvalue weighted by Crippen LogP contribution is -2.02. The predicted octanol–water partition coefficient (Wildman–Crippen LogP) is 19.6. The maximum atomic E-state index is 12.7. The molecular weight excluding hydrogens is 1310 g/mol. The molecule has 0 bridgehead atoms. The molecule has 0 aliphatic carbocycles. The van der Waals surface area contributed by atoms with Crippen LogP contribution in [0.5, 0.6) is 23.0 Å². The van der Waals surface area contributed by atoms with Crippen molar-refractivity contribution in [1.82, 2.24) is 38.9 Å². The topological polar surface area (TPSA) is 249 Å². The Morgan fingerprint density at radius 2 is 0.673 bits per heavy atom. The van der Waals surface area contributed by atoms with Gasteiger partial charge in [-0.1, -0.05) is 98.6 Å². The van der Waals surface area contributed by atoms with E-state index in [4.69, 9.17) is 27.6 Å². The summed E-state index contributed by atoms with van der Waals surface area (Å²) in [4.78, 5) is 25.3. The van der Waals surface area contributed by atoms with Gasteiger partial charge in [0.2, 0.25) is 0 Å². The molecule has 0 radical (unpaired) electrons. The second-order valence-electron chi connectivity index (χ2n) is 25.2. The number of carbonyl (C=O) groups is 2. The number of aromatic nitrogens is 8. The van der Waals surface area contributed by atoms with Crippen molar-refractivity contribution < 1.29 is 52.6 Å². The molecule has 522 valence electrons. The van der Waals surface area contributed by atoms with Crippen molar-refractivity contribution in [2.45, 2.75) is 76.2 Å². The van der Waals surface area contributed by atoms with Crippen LogP contribution in [-0.4, -0.2) is 85.8 Å². The first-order valence-corrected chi connectivity index (χ1v) is 33.6. The van der Waals surface area contributed by atoms with Gasteiger partial charge in [0.05, 0.1) is 121 Å². The number of carbonyl (C=O) groups excluding carboxylic acids is 2. The number of oxime groups is 1. The molecule has 0 aliphatic heterocycles. The lowest BCUT2D eigenvalue weighted by Gasteiger charge is -2.12. The number of phenols is 2. The Hall–Kier alpha value is -13.2. The molecule has 0 aliphatic rings. The Morgan fingerprint density at radius 1 is 0.375 bits per heavy atom. The number of benzene rings is 8. The van der Waals surface area contributed by atoms with Crippen molar-refractivity contribution in [2.75, 3.05) is 14.2 Å². The molecule has 8 aromatic heterocycles. The normalized spacial score (nSPS) is 11.4. The Morgan fingerprint density at radius 3 is 1.00 bits per heavy atom. The minimum absolute atomic E-state index is 0.00783. The van der Waals surface area contributed by atoms with Crippen LogP contribution in [0.1, 0.15) is 92.9 Å². The zero-order valence-corrected chi connectivity index (χ0v) is 59.7. The summed E-state index contributed by atoms with van der Waals surface area (Å²) in [7, 11) is 3.32. The highest BCUT2D eigenvalue weighted by atomic mass is 16.5. The van der Waals surface area contributed by atoms with Crippen molar-refractivity contribution in [3.8, 4) is 90.8 Å². The molecule has 104 heavy (non-hydrogen) atoms. The molecular formula is C84H75N9O11. The van der Waals surface area contributed by atoms with E-state index in [1.54, 1.807) is 59.3 Å². The molecule has 8 aromatic carbocycles. The number of hydrogen-bond acceptors (Lipinski definition) is 16. The molecule has 0 fully saturated rings. The fourth-order valence-electron chi connectivity index (χ4n) is 14.0. The number of ketones is 2. The molecule has 0 spiro atoms. The van der Waals surface area contributed by atoms with E-state index in [-0.39, 0.29) is 23.1 Å². The van der Waals surface area contributed by atoms with Crippen molar-refractivity contribution >= 4 is 60.9 Å². The van der Waals surface area contributed by atoms with Crippen molar-refractivity contribution in [1.29, 1.82) is 0 Å². The molecule has 0 amide bonds. The minimum Gasteiger partial charge on any atom is -0.508 e. The number of aryl methyl sites for hydroxylation is 8. The average molecular weight is 1390 g/mol. The van der Waals surface area contributed by atoms with E-state index in [2.05, 4.69) is 81.9 Å². The van der Waals surface area contributed by atoms with Gasteiger partial charge in [-0.05, 0) is 204 Å². The van der Waals surface area contributed by atoms with Gasteiger partial charge in [0, 0.05) is 49.9 Å². The van der Waals surface area contributed by atoms with Crippen LogP contribution in [0.4, 0.5) is 0 Å². The van der Waals surface area contributed by atoms with Gasteiger partial charge in [-0.25, -0.2) is 0 Å². The fraction of sp³-hybridized carbons (Fsp3) is 0.155. The zero-order chi connectivity index (χ0) is 73.4. The lowest BCUT2D eigenvalue weighted by molar-refractivity contribution is 0.101. The average Bonchev–Trinajstić information content (AvgIpc) is 1.59. The molecule has 16 rings (SSSR count). The smallest absolute Gasteiger partial charge is 0.162 e. The third-order valence-electron chi connectivity index (χ3n) is 18.5. The second-order valence-corrected chi connectivity index (χ2v) is 25.2. The first-order valence-electron chi connectivity index (χ1n) is 33.6. The number of phenolic OH excluding ortho intramolecular Hbond substituents is 2. The molecule has 8 heterocycles. The van der Waals surface area contributed by atoms with Gasteiger partial charge in [0.25, 0.3) is 0 Å². The maximum absolute atomic E-state index is 12.7. The summed E-state index contributed by atoms with van der Waals surface area (Å²) in [5.74, 6) is 4.85. The molecule has 3 N–H and O–H groups in total. The number of ether oxygens (including phenoxy) is 2. The zero-order valence-electron chi connectivity index (χ0n) is 59.7. The number of nitrogens with zero attached hydrogens (tertiary/aromatic N) is 9. The van der Waals surface area contributed by atoms with E-state index in [0.29, 0.717) is 34.1 Å². The van der Waals surface area contributed by atoms with Crippen molar-refractivity contribution in [3.63, 3.8) is 0 Å². The number of fused-ring (bicyclic) bond motifs is 4. The quantitative estimate of drug-likeness (QED) is 0.0420. The Bertz CT molecular complexity index is 5830. The van der Waals surface area contributed by atoms with Crippen LogP contribution in [0.3, 0.4) is 0 Å². The molecule has 0 saturated carbocycles. The largest absolute Gasteiger partial charge is 0.508 e. The second kappa shape index (κ2) is 28.8. The van der Waals surface area contributed by atoms with E-state index in [9.17, 15) is 25.0 Å². The minimum atomic E-state index is -0.0197. The summed E-state index contributed by atoms with van der Waals surface area (Å²) in [6.07, 6.45) is 0.